The molecule has 0 radical (unpaired) electrons. The van der Waals surface area contributed by atoms with E-state index < -0.39 is 43.4 Å². The summed E-state index contributed by atoms with van der Waals surface area (Å²) in [4.78, 5) is 12.9. The molecule has 4 N–H and O–H groups in total. The van der Waals surface area contributed by atoms with Crippen molar-refractivity contribution in [2.75, 3.05) is 26.4 Å². The molecule has 1 heterocycles. The second-order valence-electron chi connectivity index (χ2n) is 20.5. The Bertz CT molecular complexity index is 982. The molecule has 66 heavy (non-hydrogen) atoms. The first kappa shape index (κ1) is 63.2. The largest absolute Gasteiger partial charge is 0.457 e. The maximum Gasteiger partial charge on any atom is 0.306 e. The molecule has 0 bridgehead atoms. The van der Waals surface area contributed by atoms with Crippen LogP contribution in [0.25, 0.3) is 0 Å². The molecule has 1 fully saturated rings. The summed E-state index contributed by atoms with van der Waals surface area (Å²) in [6.07, 6.45) is 50.1. The Labute approximate surface area is 408 Å². The zero-order chi connectivity index (χ0) is 47.8. The van der Waals surface area contributed by atoms with Gasteiger partial charge < -0.3 is 39.4 Å². The van der Waals surface area contributed by atoms with E-state index in [1.807, 2.05) is 0 Å². The van der Waals surface area contributed by atoms with Gasteiger partial charge in [-0.15, -0.1) is 0 Å². The quantitative estimate of drug-likeness (QED) is 0.0347. The molecule has 0 aliphatic carbocycles. The van der Waals surface area contributed by atoms with E-state index in [1.54, 1.807) is 0 Å². The highest BCUT2D eigenvalue weighted by atomic mass is 16.7. The molecule has 9 nitrogen and oxygen atoms in total. The number of carbonyl (C=O) groups is 1. The lowest BCUT2D eigenvalue weighted by Gasteiger charge is -2.39. The first-order valence-corrected chi connectivity index (χ1v) is 29.1. The van der Waals surface area contributed by atoms with E-state index in [2.05, 4.69) is 13.8 Å². The summed E-state index contributed by atoms with van der Waals surface area (Å²) in [5.41, 5.74) is 0. The molecule has 0 aromatic rings. The molecule has 394 valence electrons. The van der Waals surface area contributed by atoms with Gasteiger partial charge in [-0.25, -0.2) is 0 Å². The third kappa shape index (κ3) is 39.0. The van der Waals surface area contributed by atoms with Crippen molar-refractivity contribution in [2.24, 2.45) is 0 Å². The van der Waals surface area contributed by atoms with Crippen molar-refractivity contribution in [2.45, 2.75) is 333 Å². The third-order valence-corrected chi connectivity index (χ3v) is 14.0. The predicted molar refractivity (Wildman–Crippen MR) is 275 cm³/mol. The van der Waals surface area contributed by atoms with Crippen molar-refractivity contribution < 1.29 is 44.2 Å². The van der Waals surface area contributed by atoms with E-state index in [0.29, 0.717) is 13.0 Å². The molecular weight excluding hydrogens is 829 g/mol. The number of esters is 1. The van der Waals surface area contributed by atoms with Gasteiger partial charge in [0.25, 0.3) is 0 Å². The van der Waals surface area contributed by atoms with Gasteiger partial charge in [-0.1, -0.05) is 277 Å². The van der Waals surface area contributed by atoms with Gasteiger partial charge >= 0.3 is 5.97 Å². The molecule has 6 unspecified atom stereocenters. The molecule has 1 rings (SSSR count). The molecule has 0 aromatic carbocycles. The van der Waals surface area contributed by atoms with Crippen molar-refractivity contribution >= 4 is 5.97 Å². The molecule has 0 aromatic heterocycles. The first-order valence-electron chi connectivity index (χ1n) is 29.1. The number of aliphatic hydroxyl groups is 4. The van der Waals surface area contributed by atoms with Crippen LogP contribution in [0, 0.1) is 0 Å². The van der Waals surface area contributed by atoms with Crippen LogP contribution in [0.5, 0.6) is 0 Å². The SMILES string of the molecule is CCCCCCCCCCCCCCCCCCCCCCCCCCCOCC(COC1OC(CO)C(O)C(O)C1O)OC(=O)CCCCCCCCCCCCCCCCCCCC. The van der Waals surface area contributed by atoms with E-state index in [-0.39, 0.29) is 19.2 Å². The van der Waals surface area contributed by atoms with Crippen LogP contribution in [-0.4, -0.2) is 89.6 Å². The standard InChI is InChI=1S/C57H112O9/c1-3-5-7-9-11-13-15-17-19-21-23-24-25-26-27-28-29-31-33-35-37-39-41-43-45-47-63-49-51(50-64-57-56(62)55(61)54(60)52(48-58)66-57)65-53(59)46-44-42-40-38-36-34-32-30-22-20-18-16-14-12-10-8-6-4-2/h51-52,54-58,60-62H,3-50H2,1-2H3. The minimum Gasteiger partial charge on any atom is -0.457 e. The summed E-state index contributed by atoms with van der Waals surface area (Å²) in [5, 5.41) is 40.3. The minimum absolute atomic E-state index is 0.104. The summed E-state index contributed by atoms with van der Waals surface area (Å²) in [7, 11) is 0. The Morgan fingerprint density at radius 1 is 0.424 bits per heavy atom. The van der Waals surface area contributed by atoms with Crippen molar-refractivity contribution in [3.05, 3.63) is 0 Å². The number of ether oxygens (including phenoxy) is 4. The number of carbonyl (C=O) groups excluding carboxylic acids is 1. The summed E-state index contributed by atoms with van der Waals surface area (Å²) in [6.45, 7) is 4.65. The lowest BCUT2D eigenvalue weighted by molar-refractivity contribution is -0.305. The second-order valence-corrected chi connectivity index (χ2v) is 20.5. The van der Waals surface area contributed by atoms with Gasteiger partial charge in [0.1, 0.15) is 30.5 Å². The lowest BCUT2D eigenvalue weighted by atomic mass is 9.99. The number of aliphatic hydroxyl groups excluding tert-OH is 4. The average Bonchev–Trinajstić information content (AvgIpc) is 3.32. The Balaban J connectivity index is 2.11. The topological polar surface area (TPSA) is 135 Å². The van der Waals surface area contributed by atoms with Crippen LogP contribution in [0.4, 0.5) is 0 Å². The average molecular weight is 942 g/mol. The third-order valence-electron chi connectivity index (χ3n) is 14.0. The lowest BCUT2D eigenvalue weighted by Crippen LogP contribution is -2.59. The van der Waals surface area contributed by atoms with Crippen molar-refractivity contribution in [1.29, 1.82) is 0 Å². The Kier molecular flexibility index (Phi) is 47.1. The van der Waals surface area contributed by atoms with E-state index in [4.69, 9.17) is 18.9 Å². The predicted octanol–water partition coefficient (Wildman–Crippen LogP) is 14.9. The molecule has 1 aliphatic heterocycles. The molecule has 1 aliphatic rings. The normalized spacial score (nSPS) is 19.2. The number of rotatable bonds is 52. The smallest absolute Gasteiger partial charge is 0.306 e. The fraction of sp³-hybridized carbons (Fsp3) is 0.982. The zero-order valence-corrected chi connectivity index (χ0v) is 43.7. The van der Waals surface area contributed by atoms with Gasteiger partial charge in [-0.05, 0) is 12.8 Å². The molecule has 0 amide bonds. The van der Waals surface area contributed by atoms with Crippen LogP contribution in [0.1, 0.15) is 296 Å². The van der Waals surface area contributed by atoms with Gasteiger partial charge in [-0.3, -0.25) is 4.79 Å². The highest BCUT2D eigenvalue weighted by Gasteiger charge is 2.44. The monoisotopic (exact) mass is 941 g/mol. The minimum atomic E-state index is -1.53. The van der Waals surface area contributed by atoms with Gasteiger partial charge in [-0.2, -0.15) is 0 Å². The van der Waals surface area contributed by atoms with E-state index in [1.165, 1.54) is 244 Å². The van der Waals surface area contributed by atoms with Crippen LogP contribution in [0.15, 0.2) is 0 Å². The molecule has 1 saturated heterocycles. The fourth-order valence-electron chi connectivity index (χ4n) is 9.50. The first-order chi connectivity index (χ1) is 32.4. The number of hydrogen-bond donors (Lipinski definition) is 4. The van der Waals surface area contributed by atoms with Crippen LogP contribution in [-0.2, 0) is 23.7 Å². The maximum absolute atomic E-state index is 12.9. The molecule has 6 atom stereocenters. The number of hydrogen-bond acceptors (Lipinski definition) is 9. The molecule has 0 saturated carbocycles. The van der Waals surface area contributed by atoms with E-state index >= 15 is 0 Å². The summed E-state index contributed by atoms with van der Waals surface area (Å²) in [5.74, 6) is -0.303. The Morgan fingerprint density at radius 2 is 0.742 bits per heavy atom. The van der Waals surface area contributed by atoms with Crippen molar-refractivity contribution in [1.82, 2.24) is 0 Å². The van der Waals surface area contributed by atoms with Crippen molar-refractivity contribution in [3.63, 3.8) is 0 Å². The Morgan fingerprint density at radius 3 is 1.08 bits per heavy atom. The van der Waals surface area contributed by atoms with Crippen LogP contribution in [0.2, 0.25) is 0 Å². The molecule has 9 heteroatoms. The van der Waals surface area contributed by atoms with Gasteiger partial charge in [0.05, 0.1) is 19.8 Å². The summed E-state index contributed by atoms with van der Waals surface area (Å²) < 4.78 is 23.0. The molecular formula is C57H112O9. The van der Waals surface area contributed by atoms with Gasteiger partial charge in [0, 0.05) is 13.0 Å². The van der Waals surface area contributed by atoms with E-state index in [9.17, 15) is 25.2 Å². The highest BCUT2D eigenvalue weighted by molar-refractivity contribution is 5.69. The number of unbranched alkanes of at least 4 members (excludes halogenated alkanes) is 41. The van der Waals surface area contributed by atoms with Gasteiger partial charge in [0.2, 0.25) is 0 Å². The van der Waals surface area contributed by atoms with Crippen LogP contribution >= 0.6 is 0 Å². The van der Waals surface area contributed by atoms with Crippen LogP contribution in [0.3, 0.4) is 0 Å². The van der Waals surface area contributed by atoms with E-state index in [0.717, 1.165) is 32.1 Å². The zero-order valence-electron chi connectivity index (χ0n) is 43.7. The fourth-order valence-corrected chi connectivity index (χ4v) is 9.50. The summed E-state index contributed by atoms with van der Waals surface area (Å²) in [6, 6.07) is 0. The molecule has 0 spiro atoms. The second kappa shape index (κ2) is 49.2. The van der Waals surface area contributed by atoms with Gasteiger partial charge in [0.15, 0.2) is 6.29 Å². The van der Waals surface area contributed by atoms with Crippen LogP contribution < -0.4 is 0 Å². The maximum atomic E-state index is 12.9. The highest BCUT2D eigenvalue weighted by Crippen LogP contribution is 2.23. The summed E-state index contributed by atoms with van der Waals surface area (Å²) >= 11 is 0. The Hall–Kier alpha value is -0.810. The van der Waals surface area contributed by atoms with Crippen molar-refractivity contribution in [3.8, 4) is 0 Å².